The van der Waals surface area contributed by atoms with E-state index in [1.54, 1.807) is 19.2 Å². The van der Waals surface area contributed by atoms with Gasteiger partial charge in [0.15, 0.2) is 0 Å². The van der Waals surface area contributed by atoms with Crippen LogP contribution in [-0.4, -0.2) is 21.8 Å². The maximum Gasteiger partial charge on any atom is 0.253 e. The molecule has 0 bridgehead atoms. The Kier molecular flexibility index (Phi) is 7.39. The molecular weight excluding hydrogens is 440 g/mol. The highest BCUT2D eigenvalue weighted by molar-refractivity contribution is 6.03. The van der Waals surface area contributed by atoms with Gasteiger partial charge < -0.3 is 15.6 Å². The number of nitrogens with zero attached hydrogens (tertiary/aromatic N) is 1. The SMILES string of the molecule is C=CC(=O)Nc1cc(-c2ccc(C(C)(C)C)nc2)cc(C(=O)NCc2c(C)cc(C)[nH]c2=O)c1C. The van der Waals surface area contributed by atoms with Crippen LogP contribution in [0.15, 0.2) is 54.0 Å². The first kappa shape index (κ1) is 25.6. The van der Waals surface area contributed by atoms with Gasteiger partial charge in [-0.3, -0.25) is 19.4 Å². The van der Waals surface area contributed by atoms with Crippen molar-refractivity contribution in [3.8, 4) is 11.1 Å². The van der Waals surface area contributed by atoms with Gasteiger partial charge in [0.05, 0.1) is 0 Å². The van der Waals surface area contributed by atoms with Gasteiger partial charge in [-0.1, -0.05) is 33.4 Å². The molecule has 3 N–H and O–H groups in total. The molecule has 0 spiro atoms. The van der Waals surface area contributed by atoms with E-state index in [0.29, 0.717) is 22.4 Å². The van der Waals surface area contributed by atoms with Crippen molar-refractivity contribution in [1.82, 2.24) is 15.3 Å². The summed E-state index contributed by atoms with van der Waals surface area (Å²) in [5, 5.41) is 5.64. The van der Waals surface area contributed by atoms with E-state index in [1.165, 1.54) is 6.08 Å². The molecule has 0 aliphatic rings. The number of aryl methyl sites for hydroxylation is 2. The molecule has 0 radical (unpaired) electrons. The number of benzene rings is 1. The van der Waals surface area contributed by atoms with Gasteiger partial charge in [0, 0.05) is 51.9 Å². The summed E-state index contributed by atoms with van der Waals surface area (Å²) >= 11 is 0. The maximum absolute atomic E-state index is 13.2. The van der Waals surface area contributed by atoms with Crippen LogP contribution < -0.4 is 16.2 Å². The van der Waals surface area contributed by atoms with E-state index in [9.17, 15) is 14.4 Å². The Bertz CT molecular complexity index is 1350. The highest BCUT2D eigenvalue weighted by Crippen LogP contribution is 2.30. The number of H-pyrrole nitrogens is 1. The van der Waals surface area contributed by atoms with Crippen LogP contribution in [0.5, 0.6) is 0 Å². The van der Waals surface area contributed by atoms with Crippen LogP contribution in [0.1, 0.15) is 59.2 Å². The van der Waals surface area contributed by atoms with Crippen molar-refractivity contribution in [1.29, 1.82) is 0 Å². The number of aromatic nitrogens is 2. The lowest BCUT2D eigenvalue weighted by atomic mass is 9.91. The van der Waals surface area contributed by atoms with E-state index in [4.69, 9.17) is 0 Å². The van der Waals surface area contributed by atoms with E-state index in [2.05, 4.69) is 48.0 Å². The summed E-state index contributed by atoms with van der Waals surface area (Å²) < 4.78 is 0. The van der Waals surface area contributed by atoms with Gasteiger partial charge in [-0.15, -0.1) is 0 Å². The molecule has 1 aromatic carbocycles. The minimum Gasteiger partial charge on any atom is -0.348 e. The van der Waals surface area contributed by atoms with Crippen molar-refractivity contribution in [3.05, 3.63) is 93.2 Å². The van der Waals surface area contributed by atoms with E-state index < -0.39 is 0 Å². The van der Waals surface area contributed by atoms with Crippen LogP contribution >= 0.6 is 0 Å². The molecule has 7 nitrogen and oxygen atoms in total. The second-order valence-electron chi connectivity index (χ2n) is 9.70. The molecule has 0 saturated carbocycles. The number of pyridine rings is 2. The zero-order chi connectivity index (χ0) is 25.9. The topological polar surface area (TPSA) is 104 Å². The first-order chi connectivity index (χ1) is 16.4. The zero-order valence-corrected chi connectivity index (χ0v) is 21.1. The third-order valence-corrected chi connectivity index (χ3v) is 5.88. The summed E-state index contributed by atoms with van der Waals surface area (Å²) in [7, 11) is 0. The number of carbonyl (C=O) groups is 2. The third kappa shape index (κ3) is 5.93. The van der Waals surface area contributed by atoms with Gasteiger partial charge in [0.25, 0.3) is 11.5 Å². The van der Waals surface area contributed by atoms with Crippen molar-refractivity contribution >= 4 is 17.5 Å². The molecule has 35 heavy (non-hydrogen) atoms. The maximum atomic E-state index is 13.2. The number of carbonyl (C=O) groups excluding carboxylic acids is 2. The van der Waals surface area contributed by atoms with Crippen LogP contribution in [0.25, 0.3) is 11.1 Å². The third-order valence-electron chi connectivity index (χ3n) is 5.88. The van der Waals surface area contributed by atoms with Crippen molar-refractivity contribution in [3.63, 3.8) is 0 Å². The first-order valence-electron chi connectivity index (χ1n) is 11.4. The predicted molar refractivity (Wildman–Crippen MR) is 140 cm³/mol. The number of anilines is 1. The molecule has 3 aromatic rings. The average Bonchev–Trinajstić information content (AvgIpc) is 2.78. The summed E-state index contributed by atoms with van der Waals surface area (Å²) in [5.74, 6) is -0.725. The van der Waals surface area contributed by atoms with Crippen molar-refractivity contribution in [2.75, 3.05) is 5.32 Å². The van der Waals surface area contributed by atoms with Crippen LogP contribution in [0.4, 0.5) is 5.69 Å². The van der Waals surface area contributed by atoms with E-state index in [1.807, 2.05) is 38.1 Å². The molecule has 0 fully saturated rings. The van der Waals surface area contributed by atoms with Crippen molar-refractivity contribution < 1.29 is 9.59 Å². The summed E-state index contributed by atoms with van der Waals surface area (Å²) in [4.78, 5) is 45.0. The Labute approximate surface area is 205 Å². The molecule has 2 aromatic heterocycles. The highest BCUT2D eigenvalue weighted by atomic mass is 16.2. The lowest BCUT2D eigenvalue weighted by molar-refractivity contribution is -0.111. The minimum absolute atomic E-state index is 0.0835. The van der Waals surface area contributed by atoms with Crippen LogP contribution in [0.3, 0.4) is 0 Å². The van der Waals surface area contributed by atoms with Crippen LogP contribution in [0.2, 0.25) is 0 Å². The molecule has 2 amide bonds. The molecule has 7 heteroatoms. The fourth-order valence-corrected chi connectivity index (χ4v) is 3.80. The fourth-order valence-electron chi connectivity index (χ4n) is 3.80. The van der Waals surface area contributed by atoms with Crippen molar-refractivity contribution in [2.45, 2.75) is 53.5 Å². The summed E-state index contributed by atoms with van der Waals surface area (Å²) in [6.07, 6.45) is 2.94. The summed E-state index contributed by atoms with van der Waals surface area (Å²) in [6.45, 7) is 15.3. The van der Waals surface area contributed by atoms with Gasteiger partial charge in [0.1, 0.15) is 0 Å². The number of rotatable bonds is 6. The number of aromatic amines is 1. The average molecular weight is 473 g/mol. The molecule has 0 unspecified atom stereocenters. The minimum atomic E-state index is -0.375. The van der Waals surface area contributed by atoms with E-state index in [0.717, 1.165) is 28.1 Å². The van der Waals surface area contributed by atoms with Gasteiger partial charge >= 0.3 is 0 Å². The lowest BCUT2D eigenvalue weighted by Gasteiger charge is -2.18. The van der Waals surface area contributed by atoms with Gasteiger partial charge in [-0.25, -0.2) is 0 Å². The lowest BCUT2D eigenvalue weighted by Crippen LogP contribution is -2.28. The number of hydrogen-bond donors (Lipinski definition) is 3. The standard InChI is InChI=1S/C28H32N4O3/c1-8-25(33)32-23-13-20(19-9-10-24(29-14-19)28(5,6)7)12-21(18(23)4)26(34)30-15-22-16(2)11-17(3)31-27(22)35/h8-14H,1,15H2,2-7H3,(H,30,34)(H,31,35)(H,32,33). The Morgan fingerprint density at radius 2 is 1.80 bits per heavy atom. The monoisotopic (exact) mass is 472 g/mol. The molecule has 0 aliphatic carbocycles. The predicted octanol–water partition coefficient (Wildman–Crippen LogP) is 4.71. The normalized spacial score (nSPS) is 11.1. The Balaban J connectivity index is 2.00. The quantitative estimate of drug-likeness (QED) is 0.452. The van der Waals surface area contributed by atoms with E-state index >= 15 is 0 Å². The Hall–Kier alpha value is -4.00. The van der Waals surface area contributed by atoms with Crippen LogP contribution in [-0.2, 0) is 16.8 Å². The molecule has 0 atom stereocenters. The smallest absolute Gasteiger partial charge is 0.253 e. The Morgan fingerprint density at radius 3 is 2.37 bits per heavy atom. The largest absolute Gasteiger partial charge is 0.348 e. The summed E-state index contributed by atoms with van der Waals surface area (Å²) in [6, 6.07) is 9.37. The number of nitrogens with one attached hydrogen (secondary N) is 3. The van der Waals surface area contributed by atoms with Gasteiger partial charge in [-0.2, -0.15) is 0 Å². The zero-order valence-electron chi connectivity index (χ0n) is 21.1. The molecule has 3 rings (SSSR count). The fraction of sp³-hybridized carbons (Fsp3) is 0.286. The van der Waals surface area contributed by atoms with Crippen molar-refractivity contribution in [2.24, 2.45) is 0 Å². The molecular formula is C28H32N4O3. The highest BCUT2D eigenvalue weighted by Gasteiger charge is 2.18. The number of amides is 2. The van der Waals surface area contributed by atoms with Crippen LogP contribution in [0, 0.1) is 20.8 Å². The number of hydrogen-bond acceptors (Lipinski definition) is 4. The second-order valence-corrected chi connectivity index (χ2v) is 9.70. The van der Waals surface area contributed by atoms with E-state index in [-0.39, 0.29) is 29.3 Å². The molecule has 182 valence electrons. The second kappa shape index (κ2) is 10.1. The van der Waals surface area contributed by atoms with Gasteiger partial charge in [0.2, 0.25) is 5.91 Å². The molecule has 0 aliphatic heterocycles. The molecule has 0 saturated heterocycles. The first-order valence-corrected chi connectivity index (χ1v) is 11.4. The molecule has 2 heterocycles. The van der Waals surface area contributed by atoms with Gasteiger partial charge in [-0.05, 0) is 67.8 Å². The summed E-state index contributed by atoms with van der Waals surface area (Å²) in [5.41, 5.74) is 5.75. The Morgan fingerprint density at radius 1 is 1.09 bits per heavy atom.